The molecule has 0 saturated carbocycles. The van der Waals surface area contributed by atoms with Gasteiger partial charge in [-0.15, -0.1) is 0 Å². The van der Waals surface area contributed by atoms with Crippen molar-refractivity contribution in [1.29, 1.82) is 0 Å². The molecular weight excluding hydrogens is 146 g/mol. The minimum Gasteiger partial charge on any atom is -0.398 e. The molecule has 1 heteroatoms. The van der Waals surface area contributed by atoms with E-state index in [4.69, 9.17) is 5.73 Å². The van der Waals surface area contributed by atoms with Gasteiger partial charge in [0.1, 0.15) is 0 Å². The number of hydrogen-bond donors (Lipinski definition) is 1. The Balaban J connectivity index is 3.26. The molecule has 0 spiro atoms. The van der Waals surface area contributed by atoms with Crippen LogP contribution in [-0.2, 0) is 0 Å². The summed E-state index contributed by atoms with van der Waals surface area (Å²) in [6, 6.07) is 4.15. The summed E-state index contributed by atoms with van der Waals surface area (Å²) in [5.41, 5.74) is 10.3. The number of benzene rings is 1. The summed E-state index contributed by atoms with van der Waals surface area (Å²) in [6.45, 7) is 6.09. The number of aryl methyl sites for hydroxylation is 1. The second-order valence-corrected chi connectivity index (χ2v) is 3.01. The van der Waals surface area contributed by atoms with Crippen molar-refractivity contribution in [3.63, 3.8) is 0 Å². The van der Waals surface area contributed by atoms with Crippen molar-refractivity contribution in [3.8, 4) is 0 Å². The number of hydrogen-bond acceptors (Lipinski definition) is 1. The highest BCUT2D eigenvalue weighted by Crippen LogP contribution is 2.20. The second kappa shape index (κ2) is 3.44. The van der Waals surface area contributed by atoms with Crippen LogP contribution in [0.1, 0.15) is 23.6 Å². The maximum atomic E-state index is 5.88. The normalized spacial score (nSPS) is 10.9. The highest BCUT2D eigenvalue weighted by molar-refractivity contribution is 5.64. The van der Waals surface area contributed by atoms with Gasteiger partial charge in [-0.05, 0) is 37.5 Å². The van der Waals surface area contributed by atoms with E-state index in [1.807, 2.05) is 19.9 Å². The van der Waals surface area contributed by atoms with Crippen LogP contribution in [0.2, 0.25) is 0 Å². The lowest BCUT2D eigenvalue weighted by atomic mass is 10.0. The Labute approximate surface area is 73.9 Å². The van der Waals surface area contributed by atoms with Crippen LogP contribution in [0.25, 0.3) is 6.08 Å². The summed E-state index contributed by atoms with van der Waals surface area (Å²) >= 11 is 0. The van der Waals surface area contributed by atoms with Gasteiger partial charge < -0.3 is 5.73 Å². The van der Waals surface area contributed by atoms with Gasteiger partial charge in [0.25, 0.3) is 0 Å². The lowest BCUT2D eigenvalue weighted by molar-refractivity contribution is 1.37. The number of nitrogen functional groups attached to an aromatic ring is 1. The molecule has 12 heavy (non-hydrogen) atoms. The third-order valence-corrected chi connectivity index (χ3v) is 2.12. The molecule has 0 unspecified atom stereocenters. The molecule has 0 aliphatic heterocycles. The molecule has 2 N–H and O–H groups in total. The van der Waals surface area contributed by atoms with Crippen LogP contribution in [0.15, 0.2) is 18.2 Å². The molecule has 0 aliphatic rings. The van der Waals surface area contributed by atoms with Crippen LogP contribution in [0.5, 0.6) is 0 Å². The highest BCUT2D eigenvalue weighted by atomic mass is 14.6. The SMILES string of the molecule is C/C=C/c1ccc(C)c(N)c1C. The summed E-state index contributed by atoms with van der Waals surface area (Å²) < 4.78 is 0. The lowest BCUT2D eigenvalue weighted by Gasteiger charge is -2.06. The molecule has 1 rings (SSSR count). The van der Waals surface area contributed by atoms with Crippen molar-refractivity contribution in [2.75, 3.05) is 5.73 Å². The Morgan fingerprint density at radius 2 is 1.92 bits per heavy atom. The van der Waals surface area contributed by atoms with Gasteiger partial charge in [-0.25, -0.2) is 0 Å². The fourth-order valence-corrected chi connectivity index (χ4v) is 1.24. The standard InChI is InChI=1S/C11H15N/c1-4-5-10-7-6-8(2)11(12)9(10)3/h4-7H,12H2,1-3H3/b5-4+. The van der Waals surface area contributed by atoms with E-state index in [0.717, 1.165) is 11.3 Å². The van der Waals surface area contributed by atoms with E-state index < -0.39 is 0 Å². The van der Waals surface area contributed by atoms with E-state index >= 15 is 0 Å². The Morgan fingerprint density at radius 1 is 1.25 bits per heavy atom. The van der Waals surface area contributed by atoms with E-state index in [1.54, 1.807) is 0 Å². The van der Waals surface area contributed by atoms with E-state index in [0.29, 0.717) is 0 Å². The van der Waals surface area contributed by atoms with Crippen LogP contribution < -0.4 is 5.73 Å². The number of nitrogens with two attached hydrogens (primary N) is 1. The molecule has 1 nitrogen and oxygen atoms in total. The Kier molecular flexibility index (Phi) is 2.54. The summed E-state index contributed by atoms with van der Waals surface area (Å²) in [5.74, 6) is 0. The van der Waals surface area contributed by atoms with E-state index in [9.17, 15) is 0 Å². The first-order chi connectivity index (χ1) is 5.66. The molecular formula is C11H15N. The molecule has 1 aromatic carbocycles. The van der Waals surface area contributed by atoms with Crippen molar-refractivity contribution < 1.29 is 0 Å². The largest absolute Gasteiger partial charge is 0.398 e. The van der Waals surface area contributed by atoms with Gasteiger partial charge in [-0.1, -0.05) is 24.3 Å². The molecule has 0 fully saturated rings. The van der Waals surface area contributed by atoms with Gasteiger partial charge in [-0.3, -0.25) is 0 Å². The highest BCUT2D eigenvalue weighted by Gasteiger charge is 2.00. The molecule has 0 saturated heterocycles. The van der Waals surface area contributed by atoms with E-state index in [1.165, 1.54) is 11.1 Å². The fourth-order valence-electron chi connectivity index (χ4n) is 1.24. The molecule has 0 radical (unpaired) electrons. The molecule has 0 heterocycles. The predicted octanol–water partition coefficient (Wildman–Crippen LogP) is 2.92. The monoisotopic (exact) mass is 161 g/mol. The summed E-state index contributed by atoms with van der Waals surface area (Å²) in [6.07, 6.45) is 4.10. The zero-order valence-electron chi connectivity index (χ0n) is 7.89. The van der Waals surface area contributed by atoms with Crippen LogP contribution >= 0.6 is 0 Å². The second-order valence-electron chi connectivity index (χ2n) is 3.01. The fraction of sp³-hybridized carbons (Fsp3) is 0.273. The first-order valence-electron chi connectivity index (χ1n) is 4.15. The Hall–Kier alpha value is -1.24. The number of allylic oxidation sites excluding steroid dienone is 1. The zero-order valence-corrected chi connectivity index (χ0v) is 7.89. The van der Waals surface area contributed by atoms with Crippen LogP contribution in [0.4, 0.5) is 5.69 Å². The smallest absolute Gasteiger partial charge is 0.0379 e. The van der Waals surface area contributed by atoms with Crippen LogP contribution in [-0.4, -0.2) is 0 Å². The van der Waals surface area contributed by atoms with E-state index in [2.05, 4.69) is 25.1 Å². The maximum absolute atomic E-state index is 5.88. The minimum atomic E-state index is 0.908. The van der Waals surface area contributed by atoms with Crippen molar-refractivity contribution in [2.24, 2.45) is 0 Å². The number of anilines is 1. The van der Waals surface area contributed by atoms with Gasteiger partial charge in [0, 0.05) is 5.69 Å². The lowest BCUT2D eigenvalue weighted by Crippen LogP contribution is -1.95. The predicted molar refractivity (Wildman–Crippen MR) is 55.0 cm³/mol. The third-order valence-electron chi connectivity index (χ3n) is 2.12. The molecule has 0 aromatic heterocycles. The molecule has 1 aromatic rings. The maximum Gasteiger partial charge on any atom is 0.0379 e. The topological polar surface area (TPSA) is 26.0 Å². The van der Waals surface area contributed by atoms with Crippen molar-refractivity contribution in [1.82, 2.24) is 0 Å². The average molecular weight is 161 g/mol. The molecule has 64 valence electrons. The number of rotatable bonds is 1. The van der Waals surface area contributed by atoms with Gasteiger partial charge in [-0.2, -0.15) is 0 Å². The van der Waals surface area contributed by atoms with E-state index in [-0.39, 0.29) is 0 Å². The Bertz CT molecular complexity index is 311. The van der Waals surface area contributed by atoms with Crippen molar-refractivity contribution >= 4 is 11.8 Å². The molecule has 0 atom stereocenters. The summed E-state index contributed by atoms with van der Waals surface area (Å²) in [5, 5.41) is 0. The van der Waals surface area contributed by atoms with Crippen LogP contribution in [0, 0.1) is 13.8 Å². The van der Waals surface area contributed by atoms with Gasteiger partial charge in [0.2, 0.25) is 0 Å². The van der Waals surface area contributed by atoms with Gasteiger partial charge in [0.05, 0.1) is 0 Å². The first-order valence-corrected chi connectivity index (χ1v) is 4.15. The van der Waals surface area contributed by atoms with Gasteiger partial charge >= 0.3 is 0 Å². The third kappa shape index (κ3) is 1.50. The van der Waals surface area contributed by atoms with Crippen molar-refractivity contribution in [2.45, 2.75) is 20.8 Å². The zero-order chi connectivity index (χ0) is 9.14. The van der Waals surface area contributed by atoms with Crippen molar-refractivity contribution in [3.05, 3.63) is 34.9 Å². The summed E-state index contributed by atoms with van der Waals surface area (Å²) in [7, 11) is 0. The van der Waals surface area contributed by atoms with Crippen LogP contribution in [0.3, 0.4) is 0 Å². The minimum absolute atomic E-state index is 0.908. The quantitative estimate of drug-likeness (QED) is 0.630. The summed E-state index contributed by atoms with van der Waals surface area (Å²) in [4.78, 5) is 0. The molecule has 0 amide bonds. The molecule has 0 bridgehead atoms. The first kappa shape index (κ1) is 8.85. The van der Waals surface area contributed by atoms with Gasteiger partial charge in [0.15, 0.2) is 0 Å². The molecule has 0 aliphatic carbocycles. The Morgan fingerprint density at radius 3 is 2.50 bits per heavy atom. The average Bonchev–Trinajstić information content (AvgIpc) is 2.07.